The third kappa shape index (κ3) is 47.6. The monoisotopic (exact) mass is 985 g/mol. The Labute approximate surface area is 399 Å². The third-order valence-corrected chi connectivity index (χ3v) is 12.8. The highest BCUT2D eigenvalue weighted by molar-refractivity contribution is 7.47. The van der Waals surface area contributed by atoms with Crippen LogP contribution in [0, 0.1) is 0 Å². The molecule has 17 heteroatoms. The molecule has 0 aliphatic carbocycles. The van der Waals surface area contributed by atoms with Crippen LogP contribution in [0.25, 0.3) is 0 Å². The minimum atomic E-state index is -4.79. The van der Waals surface area contributed by atoms with Gasteiger partial charge in [0.15, 0.2) is 0 Å². The van der Waals surface area contributed by atoms with Crippen molar-refractivity contribution in [3.8, 4) is 0 Å². The molecule has 390 valence electrons. The molecule has 0 fully saturated rings. The van der Waals surface area contributed by atoms with Crippen molar-refractivity contribution in [2.24, 2.45) is 0 Å². The minimum Gasteiger partial charge on any atom is -0.463 e. The number of aliphatic hydroxyl groups excluding tert-OH is 3. The van der Waals surface area contributed by atoms with Crippen LogP contribution < -0.4 is 0 Å². The Morgan fingerprint density at radius 1 is 0.394 bits per heavy atom. The molecular formula is C49H94O15P2. The van der Waals surface area contributed by atoms with Gasteiger partial charge in [0.25, 0.3) is 0 Å². The van der Waals surface area contributed by atoms with Gasteiger partial charge in [0.2, 0.25) is 0 Å². The van der Waals surface area contributed by atoms with Crippen LogP contribution in [-0.2, 0) is 46.3 Å². The molecule has 0 amide bonds. The minimum absolute atomic E-state index is 0.189. The Balaban J connectivity index is 3.85. The van der Waals surface area contributed by atoms with Crippen molar-refractivity contribution in [3.05, 3.63) is 24.3 Å². The van der Waals surface area contributed by atoms with Gasteiger partial charge in [0.05, 0.1) is 26.4 Å². The average Bonchev–Trinajstić information content (AvgIpc) is 3.29. The Morgan fingerprint density at radius 3 is 0.985 bits per heavy atom. The second kappa shape index (κ2) is 45.9. The highest BCUT2D eigenvalue weighted by atomic mass is 31.2. The molecular weight excluding hydrogens is 890 g/mol. The third-order valence-electron chi connectivity index (χ3n) is 10.9. The molecule has 0 aliphatic heterocycles. The zero-order valence-corrected chi connectivity index (χ0v) is 42.9. The summed E-state index contributed by atoms with van der Waals surface area (Å²) >= 11 is 0. The van der Waals surface area contributed by atoms with Crippen LogP contribution in [0.3, 0.4) is 0 Å². The topological polar surface area (TPSA) is 225 Å². The smallest absolute Gasteiger partial charge is 0.463 e. The molecule has 15 nitrogen and oxygen atoms in total. The van der Waals surface area contributed by atoms with Gasteiger partial charge >= 0.3 is 27.6 Å². The summed E-state index contributed by atoms with van der Waals surface area (Å²) in [5.74, 6) is -0.995. The molecule has 0 heterocycles. The number of esters is 2. The summed E-state index contributed by atoms with van der Waals surface area (Å²) < 4.78 is 53.1. The number of phosphoric acid groups is 2. The van der Waals surface area contributed by atoms with Gasteiger partial charge in [-0.25, -0.2) is 9.13 Å². The van der Waals surface area contributed by atoms with E-state index in [1.807, 2.05) is 0 Å². The van der Waals surface area contributed by atoms with Crippen molar-refractivity contribution in [1.82, 2.24) is 0 Å². The number of phosphoric ester groups is 2. The number of carbonyl (C=O) groups excluding carboxylic acids is 2. The van der Waals surface area contributed by atoms with Crippen LogP contribution in [0.4, 0.5) is 0 Å². The molecule has 0 radical (unpaired) electrons. The van der Waals surface area contributed by atoms with Crippen molar-refractivity contribution in [1.29, 1.82) is 0 Å². The Kier molecular flexibility index (Phi) is 44.9. The SMILES string of the molecule is CCCCC/C=C\C/C=C\CCCCCCCCCC(=O)OCC(O)COP(=O)(O)OCC(O)COP(=O)(O)OCC(O)COC(=O)CCCCCCCCCCCCCCCCCCC. The molecule has 5 unspecified atom stereocenters. The Bertz CT molecular complexity index is 1280. The normalized spacial score (nSPS) is 15.2. The Hall–Kier alpha value is -1.48. The first-order chi connectivity index (χ1) is 31.8. The van der Waals surface area contributed by atoms with Crippen LogP contribution in [0.15, 0.2) is 24.3 Å². The van der Waals surface area contributed by atoms with E-state index < -0.39 is 85.5 Å². The lowest BCUT2D eigenvalue weighted by Gasteiger charge is -2.19. The van der Waals surface area contributed by atoms with Gasteiger partial charge in [0, 0.05) is 12.8 Å². The fourth-order valence-electron chi connectivity index (χ4n) is 6.89. The number of unbranched alkanes of at least 4 members (excludes halogenated alkanes) is 26. The summed E-state index contributed by atoms with van der Waals surface area (Å²) in [7, 11) is -9.57. The maximum absolute atomic E-state index is 12.2. The molecule has 0 aromatic heterocycles. The van der Waals surface area contributed by atoms with E-state index in [-0.39, 0.29) is 12.8 Å². The molecule has 66 heavy (non-hydrogen) atoms. The highest BCUT2D eigenvalue weighted by Gasteiger charge is 2.28. The van der Waals surface area contributed by atoms with Gasteiger partial charge in [-0.3, -0.25) is 27.7 Å². The first-order valence-corrected chi connectivity index (χ1v) is 28.7. The molecule has 0 saturated heterocycles. The number of carbonyl (C=O) groups is 2. The summed E-state index contributed by atoms with van der Waals surface area (Å²) in [6.07, 6.45) is 40.1. The fourth-order valence-corrected chi connectivity index (χ4v) is 8.48. The van der Waals surface area contributed by atoms with E-state index in [1.54, 1.807) is 0 Å². The van der Waals surface area contributed by atoms with E-state index in [0.717, 1.165) is 57.8 Å². The average molecular weight is 985 g/mol. The summed E-state index contributed by atoms with van der Waals surface area (Å²) in [5, 5.41) is 30.1. The van der Waals surface area contributed by atoms with Gasteiger partial charge in [-0.1, -0.05) is 186 Å². The molecule has 0 bridgehead atoms. The summed E-state index contributed by atoms with van der Waals surface area (Å²) in [6, 6.07) is 0. The van der Waals surface area contributed by atoms with E-state index in [4.69, 9.17) is 14.0 Å². The predicted octanol–water partition coefficient (Wildman–Crippen LogP) is 12.1. The quantitative estimate of drug-likeness (QED) is 0.0165. The summed E-state index contributed by atoms with van der Waals surface area (Å²) in [6.45, 7) is 0.427. The molecule has 5 N–H and O–H groups in total. The van der Waals surface area contributed by atoms with Crippen LogP contribution >= 0.6 is 15.6 Å². The van der Waals surface area contributed by atoms with Crippen LogP contribution in [-0.4, -0.2) is 95.0 Å². The fraction of sp³-hybridized carbons (Fsp3) is 0.878. The number of hydrogen-bond donors (Lipinski definition) is 5. The second-order valence-electron chi connectivity index (χ2n) is 17.5. The van der Waals surface area contributed by atoms with E-state index >= 15 is 0 Å². The maximum Gasteiger partial charge on any atom is 0.472 e. The van der Waals surface area contributed by atoms with Gasteiger partial charge in [-0.15, -0.1) is 0 Å². The van der Waals surface area contributed by atoms with Crippen molar-refractivity contribution < 1.29 is 71.4 Å². The van der Waals surface area contributed by atoms with E-state index in [0.29, 0.717) is 12.8 Å². The standard InChI is InChI=1S/C49H94O15P2/c1-3-5-7-9-11-13-15-17-19-21-23-25-27-29-31-33-35-37-48(53)59-39-45(50)41-61-65(55,56)63-43-47(52)44-64-66(57,58)62-42-46(51)40-60-49(54)38-36-34-32-30-28-26-24-22-20-18-16-14-12-10-8-6-4-2/h11,13,17,19,45-47,50-52H,3-10,12,14-16,18,20-44H2,1-2H3,(H,55,56)(H,57,58)/b13-11-,19-17-. The van der Waals surface area contributed by atoms with Crippen LogP contribution in [0.1, 0.15) is 219 Å². The second-order valence-corrected chi connectivity index (χ2v) is 20.4. The lowest BCUT2D eigenvalue weighted by Crippen LogP contribution is -2.25. The molecule has 0 spiro atoms. The van der Waals surface area contributed by atoms with Crippen LogP contribution in [0.5, 0.6) is 0 Å². The first kappa shape index (κ1) is 64.5. The number of hydrogen-bond acceptors (Lipinski definition) is 13. The Morgan fingerprint density at radius 2 is 0.652 bits per heavy atom. The van der Waals surface area contributed by atoms with Gasteiger partial charge in [-0.2, -0.15) is 0 Å². The lowest BCUT2D eigenvalue weighted by atomic mass is 10.0. The molecule has 0 saturated carbocycles. The first-order valence-electron chi connectivity index (χ1n) is 25.7. The van der Waals surface area contributed by atoms with Gasteiger partial charge in [0.1, 0.15) is 31.5 Å². The number of aliphatic hydroxyl groups is 3. The van der Waals surface area contributed by atoms with Gasteiger partial charge < -0.3 is 34.6 Å². The molecule has 0 aliphatic rings. The zero-order chi connectivity index (χ0) is 48.8. The van der Waals surface area contributed by atoms with Crippen molar-refractivity contribution in [3.63, 3.8) is 0 Å². The van der Waals surface area contributed by atoms with Gasteiger partial charge in [-0.05, 0) is 44.9 Å². The van der Waals surface area contributed by atoms with Crippen LogP contribution in [0.2, 0.25) is 0 Å². The number of rotatable bonds is 50. The van der Waals surface area contributed by atoms with Crippen molar-refractivity contribution in [2.75, 3.05) is 39.6 Å². The maximum atomic E-state index is 12.2. The molecule has 0 aromatic rings. The summed E-state index contributed by atoms with van der Waals surface area (Å²) in [4.78, 5) is 43.8. The lowest BCUT2D eigenvalue weighted by molar-refractivity contribution is -0.148. The molecule has 5 atom stereocenters. The predicted molar refractivity (Wildman–Crippen MR) is 261 cm³/mol. The largest absolute Gasteiger partial charge is 0.472 e. The number of ether oxygens (including phenoxy) is 2. The summed E-state index contributed by atoms with van der Waals surface area (Å²) in [5.41, 5.74) is 0. The molecule has 0 aromatic carbocycles. The van der Waals surface area contributed by atoms with E-state index in [9.17, 15) is 43.8 Å². The van der Waals surface area contributed by atoms with Crippen molar-refractivity contribution >= 4 is 27.6 Å². The highest BCUT2D eigenvalue weighted by Crippen LogP contribution is 2.45. The number of allylic oxidation sites excluding steroid dienone is 4. The molecule has 0 rings (SSSR count). The van der Waals surface area contributed by atoms with E-state index in [1.165, 1.54) is 122 Å². The zero-order valence-electron chi connectivity index (χ0n) is 41.1. The van der Waals surface area contributed by atoms with Crippen molar-refractivity contribution in [2.45, 2.75) is 238 Å². The van der Waals surface area contributed by atoms with E-state index in [2.05, 4.69) is 51.7 Å².